The standard InChI is InChI=1S/C11H10N2/c1-2-4-10(5-3-1)8-11-9-12-6-7-13-11/h1-7,9H,8H2. The molecule has 0 N–H and O–H groups in total. The van der Waals surface area contributed by atoms with Gasteiger partial charge in [-0.25, -0.2) is 0 Å². The number of aromatic nitrogens is 2. The summed E-state index contributed by atoms with van der Waals surface area (Å²) in [5, 5.41) is 0. The fourth-order valence-electron chi connectivity index (χ4n) is 1.23. The van der Waals surface area contributed by atoms with Gasteiger partial charge in [0.1, 0.15) is 0 Å². The molecule has 1 aromatic carbocycles. The van der Waals surface area contributed by atoms with Gasteiger partial charge in [-0.3, -0.25) is 9.97 Å². The third-order valence-corrected chi connectivity index (χ3v) is 1.84. The van der Waals surface area contributed by atoms with Gasteiger partial charge in [0.25, 0.3) is 0 Å². The van der Waals surface area contributed by atoms with Gasteiger partial charge in [0.05, 0.1) is 5.69 Å². The van der Waals surface area contributed by atoms with Crippen LogP contribution in [0.2, 0.25) is 0 Å². The van der Waals surface area contributed by atoms with Crippen molar-refractivity contribution < 1.29 is 0 Å². The van der Waals surface area contributed by atoms with Crippen LogP contribution in [0.25, 0.3) is 0 Å². The molecule has 0 aliphatic heterocycles. The highest BCUT2D eigenvalue weighted by Gasteiger charge is 1.94. The lowest BCUT2D eigenvalue weighted by Crippen LogP contribution is -1.91. The van der Waals surface area contributed by atoms with Gasteiger partial charge in [0.15, 0.2) is 0 Å². The van der Waals surface area contributed by atoms with Crippen molar-refractivity contribution in [3.63, 3.8) is 0 Å². The number of rotatable bonds is 2. The van der Waals surface area contributed by atoms with E-state index in [0.717, 1.165) is 12.1 Å². The second kappa shape index (κ2) is 3.81. The summed E-state index contributed by atoms with van der Waals surface area (Å²) in [6, 6.07) is 10.3. The van der Waals surface area contributed by atoms with Crippen molar-refractivity contribution >= 4 is 0 Å². The Bertz CT molecular complexity index is 319. The molecule has 0 unspecified atom stereocenters. The molecule has 0 saturated carbocycles. The minimum absolute atomic E-state index is 0.856. The Labute approximate surface area is 77.3 Å². The summed E-state index contributed by atoms with van der Waals surface area (Å²) in [7, 11) is 0. The van der Waals surface area contributed by atoms with Crippen molar-refractivity contribution in [2.45, 2.75) is 6.42 Å². The molecular formula is C11H10N2. The van der Waals surface area contributed by atoms with Gasteiger partial charge < -0.3 is 0 Å². The zero-order valence-electron chi connectivity index (χ0n) is 7.22. The molecule has 0 spiro atoms. The Hall–Kier alpha value is -1.70. The summed E-state index contributed by atoms with van der Waals surface area (Å²) in [6.07, 6.45) is 6.06. The van der Waals surface area contributed by atoms with E-state index in [1.165, 1.54) is 5.56 Å². The van der Waals surface area contributed by atoms with Crippen molar-refractivity contribution in [2.75, 3.05) is 0 Å². The van der Waals surface area contributed by atoms with Crippen LogP contribution >= 0.6 is 0 Å². The van der Waals surface area contributed by atoms with Crippen LogP contribution in [0.5, 0.6) is 0 Å². The van der Waals surface area contributed by atoms with Gasteiger partial charge in [-0.15, -0.1) is 0 Å². The second-order valence-corrected chi connectivity index (χ2v) is 2.86. The highest BCUT2D eigenvalue weighted by atomic mass is 14.8. The first-order chi connectivity index (χ1) is 6.45. The van der Waals surface area contributed by atoms with Crippen LogP contribution in [-0.2, 0) is 6.42 Å². The normalized spacial score (nSPS) is 9.85. The van der Waals surface area contributed by atoms with Crippen LogP contribution in [0, 0.1) is 0 Å². The number of hydrogen-bond donors (Lipinski definition) is 0. The van der Waals surface area contributed by atoms with Crippen LogP contribution in [0.15, 0.2) is 48.9 Å². The summed E-state index contributed by atoms with van der Waals surface area (Å²) in [6.45, 7) is 0. The highest BCUT2D eigenvalue weighted by Crippen LogP contribution is 2.04. The minimum atomic E-state index is 0.856. The summed E-state index contributed by atoms with van der Waals surface area (Å²) in [5.74, 6) is 0. The number of benzene rings is 1. The van der Waals surface area contributed by atoms with Crippen molar-refractivity contribution in [2.24, 2.45) is 0 Å². The van der Waals surface area contributed by atoms with Gasteiger partial charge in [-0.05, 0) is 5.56 Å². The lowest BCUT2D eigenvalue weighted by atomic mass is 10.1. The maximum absolute atomic E-state index is 4.21. The Morgan fingerprint density at radius 3 is 2.54 bits per heavy atom. The van der Waals surface area contributed by atoms with E-state index >= 15 is 0 Å². The molecule has 0 atom stereocenters. The summed E-state index contributed by atoms with van der Waals surface area (Å²) < 4.78 is 0. The van der Waals surface area contributed by atoms with Crippen LogP contribution in [0.3, 0.4) is 0 Å². The minimum Gasteiger partial charge on any atom is -0.261 e. The van der Waals surface area contributed by atoms with E-state index in [9.17, 15) is 0 Å². The lowest BCUT2D eigenvalue weighted by Gasteiger charge is -1.98. The zero-order chi connectivity index (χ0) is 8.93. The third-order valence-electron chi connectivity index (χ3n) is 1.84. The first-order valence-electron chi connectivity index (χ1n) is 4.24. The predicted molar refractivity (Wildman–Crippen MR) is 51.3 cm³/mol. The molecule has 2 aromatic rings. The molecule has 0 bridgehead atoms. The first-order valence-corrected chi connectivity index (χ1v) is 4.24. The Kier molecular flexibility index (Phi) is 2.32. The highest BCUT2D eigenvalue weighted by molar-refractivity contribution is 5.19. The average molecular weight is 170 g/mol. The molecule has 0 amide bonds. The van der Waals surface area contributed by atoms with E-state index in [0.29, 0.717) is 0 Å². The van der Waals surface area contributed by atoms with E-state index in [1.54, 1.807) is 18.6 Å². The topological polar surface area (TPSA) is 25.8 Å². The van der Waals surface area contributed by atoms with Crippen LogP contribution < -0.4 is 0 Å². The molecule has 2 nitrogen and oxygen atoms in total. The molecule has 13 heavy (non-hydrogen) atoms. The monoisotopic (exact) mass is 170 g/mol. The zero-order valence-corrected chi connectivity index (χ0v) is 7.22. The predicted octanol–water partition coefficient (Wildman–Crippen LogP) is 2.07. The van der Waals surface area contributed by atoms with E-state index in [4.69, 9.17) is 0 Å². The van der Waals surface area contributed by atoms with E-state index in [-0.39, 0.29) is 0 Å². The summed E-state index contributed by atoms with van der Waals surface area (Å²) in [4.78, 5) is 8.23. The van der Waals surface area contributed by atoms with E-state index in [2.05, 4.69) is 22.1 Å². The molecule has 0 saturated heterocycles. The molecular weight excluding hydrogens is 160 g/mol. The molecule has 1 aromatic heterocycles. The molecule has 2 rings (SSSR count). The molecule has 2 heteroatoms. The first kappa shape index (κ1) is 7.92. The van der Waals surface area contributed by atoms with Crippen molar-refractivity contribution in [3.05, 3.63) is 60.2 Å². The van der Waals surface area contributed by atoms with Crippen molar-refractivity contribution in [1.82, 2.24) is 9.97 Å². The lowest BCUT2D eigenvalue weighted by molar-refractivity contribution is 1.03. The number of nitrogens with zero attached hydrogens (tertiary/aromatic N) is 2. The van der Waals surface area contributed by atoms with Crippen molar-refractivity contribution in [3.8, 4) is 0 Å². The van der Waals surface area contributed by atoms with Gasteiger partial charge in [-0.1, -0.05) is 30.3 Å². The van der Waals surface area contributed by atoms with Gasteiger partial charge in [0.2, 0.25) is 0 Å². The molecule has 0 radical (unpaired) electrons. The third kappa shape index (κ3) is 2.12. The van der Waals surface area contributed by atoms with Crippen molar-refractivity contribution in [1.29, 1.82) is 0 Å². The van der Waals surface area contributed by atoms with Crippen LogP contribution in [0.4, 0.5) is 0 Å². The van der Waals surface area contributed by atoms with Gasteiger partial charge >= 0.3 is 0 Å². The van der Waals surface area contributed by atoms with Crippen LogP contribution in [0.1, 0.15) is 11.3 Å². The molecule has 0 aliphatic carbocycles. The Morgan fingerprint density at radius 1 is 1.00 bits per heavy atom. The fourth-order valence-corrected chi connectivity index (χ4v) is 1.23. The molecule has 1 heterocycles. The maximum atomic E-state index is 4.21. The molecule has 0 fully saturated rings. The smallest absolute Gasteiger partial charge is 0.0630 e. The van der Waals surface area contributed by atoms with Gasteiger partial charge in [-0.2, -0.15) is 0 Å². The Balaban J connectivity index is 2.16. The van der Waals surface area contributed by atoms with Crippen LogP contribution in [-0.4, -0.2) is 9.97 Å². The number of hydrogen-bond acceptors (Lipinski definition) is 2. The largest absolute Gasteiger partial charge is 0.261 e. The molecule has 0 aliphatic rings. The van der Waals surface area contributed by atoms with E-state index < -0.39 is 0 Å². The molecule has 64 valence electrons. The summed E-state index contributed by atoms with van der Waals surface area (Å²) in [5.41, 5.74) is 2.27. The Morgan fingerprint density at radius 2 is 1.85 bits per heavy atom. The van der Waals surface area contributed by atoms with Gasteiger partial charge in [0, 0.05) is 25.0 Å². The average Bonchev–Trinajstić information content (AvgIpc) is 2.21. The second-order valence-electron chi connectivity index (χ2n) is 2.86. The summed E-state index contributed by atoms with van der Waals surface area (Å²) >= 11 is 0. The maximum Gasteiger partial charge on any atom is 0.0630 e. The van der Waals surface area contributed by atoms with E-state index in [1.807, 2.05) is 18.2 Å². The fraction of sp³-hybridized carbons (Fsp3) is 0.0909. The quantitative estimate of drug-likeness (QED) is 0.689. The SMILES string of the molecule is c1ccc(Cc2cnccn2)cc1.